The number of amides is 3. The van der Waals surface area contributed by atoms with Gasteiger partial charge in [0, 0.05) is 42.0 Å². The number of nitrogen functional groups attached to an aromatic ring is 1. The fraction of sp³-hybridized carbons (Fsp3) is 0.455. The van der Waals surface area contributed by atoms with E-state index in [1.165, 1.54) is 24.2 Å². The molecular weight excluding hydrogens is 398 g/mol. The summed E-state index contributed by atoms with van der Waals surface area (Å²) < 4.78 is 0. The molecule has 162 valence electrons. The molecule has 4 N–H and O–H groups in total. The van der Waals surface area contributed by atoms with Crippen molar-refractivity contribution in [2.24, 2.45) is 0 Å². The lowest BCUT2D eigenvalue weighted by Crippen LogP contribution is -2.45. The van der Waals surface area contributed by atoms with Gasteiger partial charge in [-0.25, -0.2) is 4.79 Å². The van der Waals surface area contributed by atoms with Crippen molar-refractivity contribution >= 4 is 34.6 Å². The number of hydrogen-bond acceptors (Lipinski definition) is 5. The Bertz CT molecular complexity index is 843. The Morgan fingerprint density at radius 3 is 2.40 bits per heavy atom. The summed E-state index contributed by atoms with van der Waals surface area (Å²) in [5.74, 6) is -0.199. The largest absolute Gasteiger partial charge is 0.396 e. The molecule has 0 unspecified atom stereocenters. The van der Waals surface area contributed by atoms with Gasteiger partial charge >= 0.3 is 6.03 Å². The quantitative estimate of drug-likeness (QED) is 0.598. The fourth-order valence-corrected chi connectivity index (χ4v) is 4.17. The second-order valence-corrected chi connectivity index (χ2v) is 8.79. The van der Waals surface area contributed by atoms with Gasteiger partial charge in [0.25, 0.3) is 5.91 Å². The predicted octanol–water partition coefficient (Wildman–Crippen LogP) is 3.60. The zero-order chi connectivity index (χ0) is 21.5. The van der Waals surface area contributed by atoms with Crippen molar-refractivity contribution in [3.63, 3.8) is 0 Å². The Labute approximate surface area is 182 Å². The van der Waals surface area contributed by atoms with Gasteiger partial charge in [-0.1, -0.05) is 25.0 Å². The topological polar surface area (TPSA) is 90.7 Å². The molecule has 0 aliphatic heterocycles. The molecule has 30 heavy (non-hydrogen) atoms. The zero-order valence-corrected chi connectivity index (χ0v) is 18.5. The van der Waals surface area contributed by atoms with E-state index in [9.17, 15) is 9.59 Å². The first-order chi connectivity index (χ1) is 14.4. The number of anilines is 2. The van der Waals surface area contributed by atoms with Crippen LogP contribution in [0.1, 0.15) is 41.6 Å². The summed E-state index contributed by atoms with van der Waals surface area (Å²) in [7, 11) is 4.00. The Morgan fingerprint density at radius 2 is 1.80 bits per heavy atom. The molecule has 0 radical (unpaired) electrons. The summed E-state index contributed by atoms with van der Waals surface area (Å²) in [4.78, 5) is 29.2. The molecule has 1 aromatic carbocycles. The van der Waals surface area contributed by atoms with Crippen LogP contribution in [0, 0.1) is 0 Å². The Kier molecular flexibility index (Phi) is 7.70. The van der Waals surface area contributed by atoms with Crippen LogP contribution < -0.4 is 16.4 Å². The number of carbonyl (C=O) groups excluding carboxylic acids is 2. The molecule has 0 atom stereocenters. The molecule has 1 aromatic heterocycles. The van der Waals surface area contributed by atoms with Gasteiger partial charge in [-0.2, -0.15) is 0 Å². The molecule has 0 spiro atoms. The molecule has 0 bridgehead atoms. The van der Waals surface area contributed by atoms with Gasteiger partial charge in [0.2, 0.25) is 0 Å². The number of rotatable bonds is 8. The van der Waals surface area contributed by atoms with E-state index in [2.05, 4.69) is 15.5 Å². The molecule has 1 aliphatic carbocycles. The third-order valence-corrected chi connectivity index (χ3v) is 6.08. The van der Waals surface area contributed by atoms with Gasteiger partial charge in [0.1, 0.15) is 0 Å². The maximum absolute atomic E-state index is 12.8. The normalized spacial score (nSPS) is 14.1. The number of hydrogen-bond donors (Lipinski definition) is 3. The molecular formula is C22H31N5O2S. The van der Waals surface area contributed by atoms with E-state index < -0.39 is 0 Å². The number of carbonyl (C=O) groups is 2. The summed E-state index contributed by atoms with van der Waals surface area (Å²) in [6.07, 6.45) is 4.49. The predicted molar refractivity (Wildman–Crippen MR) is 123 cm³/mol. The summed E-state index contributed by atoms with van der Waals surface area (Å²) in [5, 5.41) is 9.60. The summed E-state index contributed by atoms with van der Waals surface area (Å²) in [6.45, 7) is 1.94. The first-order valence-electron chi connectivity index (χ1n) is 10.3. The highest BCUT2D eigenvalue weighted by Crippen LogP contribution is 2.23. The second-order valence-electron chi connectivity index (χ2n) is 8.05. The van der Waals surface area contributed by atoms with Crippen LogP contribution in [0.2, 0.25) is 0 Å². The average molecular weight is 430 g/mol. The van der Waals surface area contributed by atoms with Crippen LogP contribution in [0.25, 0.3) is 0 Å². The lowest BCUT2D eigenvalue weighted by Gasteiger charge is -2.26. The molecule has 2 aromatic rings. The molecule has 1 heterocycles. The lowest BCUT2D eigenvalue weighted by atomic mass is 10.1. The van der Waals surface area contributed by atoms with E-state index >= 15 is 0 Å². The number of likely N-dealkylation sites (N-methyl/N-ethyl adjacent to an activating group) is 1. The monoisotopic (exact) mass is 429 g/mol. The summed E-state index contributed by atoms with van der Waals surface area (Å²) in [5.41, 5.74) is 8.57. The first-order valence-corrected chi connectivity index (χ1v) is 11.3. The van der Waals surface area contributed by atoms with Crippen LogP contribution in [0.15, 0.2) is 35.0 Å². The second kappa shape index (κ2) is 10.4. The maximum Gasteiger partial charge on any atom is 0.317 e. The molecule has 8 heteroatoms. The van der Waals surface area contributed by atoms with Crippen molar-refractivity contribution in [3.8, 4) is 0 Å². The van der Waals surface area contributed by atoms with Crippen molar-refractivity contribution in [1.82, 2.24) is 15.1 Å². The van der Waals surface area contributed by atoms with E-state index in [1.807, 2.05) is 36.5 Å². The molecule has 3 rings (SSSR count). The first kappa shape index (κ1) is 22.1. The van der Waals surface area contributed by atoms with Crippen molar-refractivity contribution in [3.05, 3.63) is 46.2 Å². The van der Waals surface area contributed by atoms with Crippen molar-refractivity contribution < 1.29 is 9.59 Å². The minimum atomic E-state index is -0.199. The highest BCUT2D eigenvalue weighted by molar-refractivity contribution is 7.09. The Hall–Kier alpha value is -2.58. The van der Waals surface area contributed by atoms with Crippen LogP contribution >= 0.6 is 11.3 Å². The van der Waals surface area contributed by atoms with Crippen LogP contribution in [-0.2, 0) is 6.54 Å². The van der Waals surface area contributed by atoms with Crippen molar-refractivity contribution in [2.45, 2.75) is 38.3 Å². The minimum Gasteiger partial charge on any atom is -0.396 e. The third-order valence-electron chi connectivity index (χ3n) is 5.32. The summed E-state index contributed by atoms with van der Waals surface area (Å²) in [6, 6.07) is 7.64. The van der Waals surface area contributed by atoms with Crippen LogP contribution in [0.3, 0.4) is 0 Å². The third kappa shape index (κ3) is 6.21. The number of nitrogens with two attached hydrogens (primary N) is 1. The lowest BCUT2D eigenvalue weighted by molar-refractivity contribution is 0.102. The van der Waals surface area contributed by atoms with E-state index in [-0.39, 0.29) is 18.0 Å². The maximum atomic E-state index is 12.8. The average Bonchev–Trinajstić information content (AvgIpc) is 3.37. The Morgan fingerprint density at radius 1 is 1.10 bits per heavy atom. The van der Waals surface area contributed by atoms with Gasteiger partial charge in [-0.15, -0.1) is 11.3 Å². The number of nitrogens with zero attached hydrogens (tertiary/aromatic N) is 2. The minimum absolute atomic E-state index is 0.0153. The number of thiophene rings is 1. The van der Waals surface area contributed by atoms with Gasteiger partial charge in [0.05, 0.1) is 11.4 Å². The summed E-state index contributed by atoms with van der Waals surface area (Å²) >= 11 is 1.45. The standard InChI is InChI=1S/C22H31N5O2S/c1-26(2)11-12-27(22(29)24-18-5-3-4-6-18)13-16-7-9-17(10-8-16)21(28)25-20-15-30-14-19(20)23/h7-10,14-15,18H,3-6,11-13,23H2,1-2H3,(H,24,29)(H,25,28). The van der Waals surface area contributed by atoms with Crippen LogP contribution in [0.4, 0.5) is 16.2 Å². The van der Waals surface area contributed by atoms with Gasteiger partial charge in [0.15, 0.2) is 0 Å². The van der Waals surface area contributed by atoms with Crippen LogP contribution in [0.5, 0.6) is 0 Å². The molecule has 3 amide bonds. The molecule has 0 saturated heterocycles. The van der Waals surface area contributed by atoms with Crippen molar-refractivity contribution in [1.29, 1.82) is 0 Å². The van der Waals surface area contributed by atoms with Gasteiger partial charge < -0.3 is 26.2 Å². The van der Waals surface area contributed by atoms with E-state index in [4.69, 9.17) is 5.73 Å². The zero-order valence-electron chi connectivity index (χ0n) is 17.7. The number of urea groups is 1. The smallest absolute Gasteiger partial charge is 0.317 e. The van der Waals surface area contributed by atoms with E-state index in [0.29, 0.717) is 30.0 Å². The molecule has 7 nitrogen and oxygen atoms in total. The fourth-order valence-electron chi connectivity index (χ4n) is 3.49. The Balaban J connectivity index is 1.62. The van der Waals surface area contributed by atoms with Crippen molar-refractivity contribution in [2.75, 3.05) is 38.2 Å². The molecule has 1 fully saturated rings. The van der Waals surface area contributed by atoms with E-state index in [1.54, 1.807) is 17.5 Å². The van der Waals surface area contributed by atoms with Gasteiger partial charge in [-0.3, -0.25) is 4.79 Å². The molecule has 1 saturated carbocycles. The van der Waals surface area contributed by atoms with Crippen LogP contribution in [-0.4, -0.2) is 55.0 Å². The number of nitrogens with one attached hydrogen (secondary N) is 2. The highest BCUT2D eigenvalue weighted by atomic mass is 32.1. The SMILES string of the molecule is CN(C)CCN(Cc1ccc(C(=O)Nc2cscc2N)cc1)C(=O)NC1CCCC1. The number of benzene rings is 1. The van der Waals surface area contributed by atoms with E-state index in [0.717, 1.165) is 24.9 Å². The van der Waals surface area contributed by atoms with Gasteiger partial charge in [-0.05, 0) is 44.6 Å². The molecule has 1 aliphatic rings. The highest BCUT2D eigenvalue weighted by Gasteiger charge is 2.21.